The Morgan fingerprint density at radius 1 is 1.73 bits per heavy atom. The molecule has 0 saturated heterocycles. The molecular formula is C10H17N3O2. The van der Waals surface area contributed by atoms with E-state index in [2.05, 4.69) is 10.5 Å². The number of rotatable bonds is 5. The Kier molecular flexibility index (Phi) is 4.17. The van der Waals surface area contributed by atoms with E-state index in [1.165, 1.54) is 0 Å². The van der Waals surface area contributed by atoms with Gasteiger partial charge in [-0.3, -0.25) is 5.32 Å². The van der Waals surface area contributed by atoms with E-state index in [0.717, 1.165) is 12.2 Å². The Morgan fingerprint density at radius 3 is 2.93 bits per heavy atom. The molecule has 2 atom stereocenters. The number of oxime groups is 1. The van der Waals surface area contributed by atoms with E-state index in [4.69, 9.17) is 15.4 Å². The molecule has 0 amide bonds. The Hall–Kier alpha value is -1.49. The van der Waals surface area contributed by atoms with Gasteiger partial charge in [-0.25, -0.2) is 0 Å². The van der Waals surface area contributed by atoms with Crippen molar-refractivity contribution in [1.82, 2.24) is 5.32 Å². The lowest BCUT2D eigenvalue weighted by Gasteiger charge is -2.19. The second-order valence-corrected chi connectivity index (χ2v) is 3.39. The summed E-state index contributed by atoms with van der Waals surface area (Å²) < 4.78 is 5.25. The fourth-order valence-electron chi connectivity index (χ4n) is 1.40. The summed E-state index contributed by atoms with van der Waals surface area (Å²) >= 11 is 0. The van der Waals surface area contributed by atoms with Crippen LogP contribution in [0, 0.1) is 0 Å². The van der Waals surface area contributed by atoms with Gasteiger partial charge in [0, 0.05) is 0 Å². The number of nitrogens with zero attached hydrogens (tertiary/aromatic N) is 1. The van der Waals surface area contributed by atoms with Crippen LogP contribution in [-0.2, 0) is 0 Å². The van der Waals surface area contributed by atoms with Crippen molar-refractivity contribution in [2.75, 3.05) is 0 Å². The molecule has 0 aliphatic carbocycles. The third kappa shape index (κ3) is 2.99. The summed E-state index contributed by atoms with van der Waals surface area (Å²) in [5.74, 6) is 1.02. The second kappa shape index (κ2) is 5.41. The molecule has 0 radical (unpaired) electrons. The van der Waals surface area contributed by atoms with Crippen LogP contribution < -0.4 is 11.1 Å². The summed E-state index contributed by atoms with van der Waals surface area (Å²) in [4.78, 5) is 0. The van der Waals surface area contributed by atoms with Gasteiger partial charge in [0.2, 0.25) is 0 Å². The van der Waals surface area contributed by atoms with Crippen molar-refractivity contribution in [3.63, 3.8) is 0 Å². The molecule has 0 saturated carbocycles. The molecule has 1 rings (SSSR count). The van der Waals surface area contributed by atoms with Crippen molar-refractivity contribution >= 4 is 5.84 Å². The first kappa shape index (κ1) is 11.6. The smallest absolute Gasteiger partial charge is 0.156 e. The summed E-state index contributed by atoms with van der Waals surface area (Å²) in [5, 5.41) is 14.8. The lowest BCUT2D eigenvalue weighted by Crippen LogP contribution is -2.42. The standard InChI is InChI=1S/C10H17N3O2/c1-3-8(10(11)13-14)12-7(2)9-5-4-6-15-9/h4-8,12,14H,3H2,1-2H3,(H2,11,13)/t7-,8?/m0/s1. The van der Waals surface area contributed by atoms with Gasteiger partial charge in [0.05, 0.1) is 18.3 Å². The van der Waals surface area contributed by atoms with Crippen molar-refractivity contribution < 1.29 is 9.62 Å². The highest BCUT2D eigenvalue weighted by Crippen LogP contribution is 2.13. The normalized spacial score (nSPS) is 16.3. The van der Waals surface area contributed by atoms with Crippen molar-refractivity contribution in [3.05, 3.63) is 24.2 Å². The molecule has 0 bridgehead atoms. The summed E-state index contributed by atoms with van der Waals surface area (Å²) in [6.45, 7) is 3.93. The third-order valence-corrected chi connectivity index (χ3v) is 2.30. The van der Waals surface area contributed by atoms with Gasteiger partial charge in [0.15, 0.2) is 5.84 Å². The zero-order valence-corrected chi connectivity index (χ0v) is 8.97. The van der Waals surface area contributed by atoms with Gasteiger partial charge >= 0.3 is 0 Å². The first-order chi connectivity index (χ1) is 7.19. The summed E-state index contributed by atoms with van der Waals surface area (Å²) in [6.07, 6.45) is 2.37. The highest BCUT2D eigenvalue weighted by molar-refractivity contribution is 5.85. The number of amidine groups is 1. The highest BCUT2D eigenvalue weighted by Gasteiger charge is 2.16. The largest absolute Gasteiger partial charge is 0.468 e. The predicted octanol–water partition coefficient (Wildman–Crippen LogP) is 1.46. The van der Waals surface area contributed by atoms with Gasteiger partial charge in [-0.1, -0.05) is 12.1 Å². The fraction of sp³-hybridized carbons (Fsp3) is 0.500. The second-order valence-electron chi connectivity index (χ2n) is 3.39. The zero-order valence-electron chi connectivity index (χ0n) is 8.97. The van der Waals surface area contributed by atoms with E-state index in [1.807, 2.05) is 26.0 Å². The molecule has 1 aromatic heterocycles. The Balaban J connectivity index is 2.60. The molecule has 0 fully saturated rings. The van der Waals surface area contributed by atoms with Crippen LogP contribution in [0.25, 0.3) is 0 Å². The Bertz CT molecular complexity index is 308. The fourth-order valence-corrected chi connectivity index (χ4v) is 1.40. The maximum atomic E-state index is 8.58. The van der Waals surface area contributed by atoms with Crippen molar-refractivity contribution in [2.24, 2.45) is 10.9 Å². The molecule has 0 aliphatic heterocycles. The summed E-state index contributed by atoms with van der Waals surface area (Å²) in [7, 11) is 0. The minimum Gasteiger partial charge on any atom is -0.468 e. The number of hydrogen-bond donors (Lipinski definition) is 3. The lowest BCUT2D eigenvalue weighted by molar-refractivity contribution is 0.312. The van der Waals surface area contributed by atoms with Crippen LogP contribution in [0.1, 0.15) is 32.1 Å². The van der Waals surface area contributed by atoms with Crippen LogP contribution in [-0.4, -0.2) is 17.1 Å². The first-order valence-electron chi connectivity index (χ1n) is 4.95. The molecule has 0 aromatic carbocycles. The van der Waals surface area contributed by atoms with Gasteiger partial charge in [0.25, 0.3) is 0 Å². The van der Waals surface area contributed by atoms with Gasteiger partial charge in [-0.05, 0) is 25.5 Å². The van der Waals surface area contributed by atoms with Crippen molar-refractivity contribution in [3.8, 4) is 0 Å². The maximum Gasteiger partial charge on any atom is 0.156 e. The minimum atomic E-state index is -0.143. The molecule has 0 spiro atoms. The topological polar surface area (TPSA) is 83.8 Å². The van der Waals surface area contributed by atoms with Crippen molar-refractivity contribution in [1.29, 1.82) is 0 Å². The average Bonchev–Trinajstić information content (AvgIpc) is 2.77. The molecule has 15 heavy (non-hydrogen) atoms. The molecule has 1 heterocycles. The predicted molar refractivity (Wildman–Crippen MR) is 57.7 cm³/mol. The molecule has 1 unspecified atom stereocenters. The molecule has 4 N–H and O–H groups in total. The van der Waals surface area contributed by atoms with Crippen LogP contribution in [0.3, 0.4) is 0 Å². The number of furan rings is 1. The average molecular weight is 211 g/mol. The van der Waals surface area contributed by atoms with E-state index in [9.17, 15) is 0 Å². The van der Waals surface area contributed by atoms with E-state index >= 15 is 0 Å². The van der Waals surface area contributed by atoms with Crippen LogP contribution in [0.2, 0.25) is 0 Å². The summed E-state index contributed by atoms with van der Waals surface area (Å²) in [6, 6.07) is 3.61. The Labute approximate surface area is 88.9 Å². The molecule has 1 aromatic rings. The van der Waals surface area contributed by atoms with Gasteiger partial charge in [-0.2, -0.15) is 0 Å². The van der Waals surface area contributed by atoms with E-state index < -0.39 is 0 Å². The van der Waals surface area contributed by atoms with Crippen molar-refractivity contribution in [2.45, 2.75) is 32.4 Å². The monoisotopic (exact) mass is 211 g/mol. The first-order valence-corrected chi connectivity index (χ1v) is 4.95. The van der Waals surface area contributed by atoms with Gasteiger partial charge in [0.1, 0.15) is 5.76 Å². The quantitative estimate of drug-likeness (QED) is 0.298. The summed E-state index contributed by atoms with van der Waals surface area (Å²) in [5.41, 5.74) is 5.54. The third-order valence-electron chi connectivity index (χ3n) is 2.30. The molecular weight excluding hydrogens is 194 g/mol. The maximum absolute atomic E-state index is 8.58. The van der Waals surface area contributed by atoms with Crippen LogP contribution in [0.15, 0.2) is 28.0 Å². The van der Waals surface area contributed by atoms with Crippen LogP contribution >= 0.6 is 0 Å². The molecule has 5 nitrogen and oxygen atoms in total. The Morgan fingerprint density at radius 2 is 2.47 bits per heavy atom. The zero-order chi connectivity index (χ0) is 11.3. The van der Waals surface area contributed by atoms with E-state index in [-0.39, 0.29) is 17.9 Å². The SMILES string of the molecule is CCC(N[C@@H](C)c1ccco1)/C(N)=N/O. The number of hydrogen-bond acceptors (Lipinski definition) is 4. The number of nitrogens with one attached hydrogen (secondary N) is 1. The highest BCUT2D eigenvalue weighted by atomic mass is 16.4. The van der Waals surface area contributed by atoms with E-state index in [1.54, 1.807) is 6.26 Å². The van der Waals surface area contributed by atoms with Gasteiger partial charge in [-0.15, -0.1) is 0 Å². The van der Waals surface area contributed by atoms with Crippen LogP contribution in [0.5, 0.6) is 0 Å². The minimum absolute atomic E-state index is 0.0326. The van der Waals surface area contributed by atoms with E-state index in [0.29, 0.717) is 0 Å². The number of nitrogens with two attached hydrogens (primary N) is 1. The lowest BCUT2D eigenvalue weighted by atomic mass is 10.1. The molecule has 5 heteroatoms. The molecule has 84 valence electrons. The molecule has 0 aliphatic rings. The van der Waals surface area contributed by atoms with Crippen LogP contribution in [0.4, 0.5) is 0 Å². The van der Waals surface area contributed by atoms with Gasteiger partial charge < -0.3 is 15.4 Å².